The van der Waals surface area contributed by atoms with Crippen LogP contribution in [0.5, 0.6) is 0 Å². The van der Waals surface area contributed by atoms with Crippen molar-refractivity contribution in [3.8, 4) is 0 Å². The van der Waals surface area contributed by atoms with Crippen LogP contribution in [0.15, 0.2) is 59.6 Å². The molecule has 0 aliphatic heterocycles. The molecule has 5 nitrogen and oxygen atoms in total. The zero-order valence-electron chi connectivity index (χ0n) is 14.3. The van der Waals surface area contributed by atoms with E-state index in [0.717, 1.165) is 18.9 Å². The molecule has 2 rings (SSSR count). The molecule has 6 heteroatoms. The first-order chi connectivity index (χ1) is 12.2. The number of benzene rings is 2. The smallest absolute Gasteiger partial charge is 0.251 e. The number of hydrogen-bond acceptors (Lipinski definition) is 2. The van der Waals surface area contributed by atoms with Gasteiger partial charge in [0.25, 0.3) is 5.91 Å². The van der Waals surface area contributed by atoms with Crippen molar-refractivity contribution in [1.29, 1.82) is 0 Å². The summed E-state index contributed by atoms with van der Waals surface area (Å²) < 4.78 is 0. The van der Waals surface area contributed by atoms with Gasteiger partial charge in [0, 0.05) is 37.3 Å². The predicted molar refractivity (Wildman–Crippen MR) is 103 cm³/mol. The van der Waals surface area contributed by atoms with Crippen molar-refractivity contribution in [1.82, 2.24) is 16.0 Å². The predicted octanol–water partition coefficient (Wildman–Crippen LogP) is 2.48. The number of carbonyl (C=O) groups excluding carboxylic acids is 1. The SMILES string of the molecule is CN=C(NCCNC(=O)c1ccc(Cl)cc1)NCCc1ccccc1. The highest BCUT2D eigenvalue weighted by Crippen LogP contribution is 2.09. The third kappa shape index (κ3) is 6.85. The number of nitrogens with zero attached hydrogens (tertiary/aromatic N) is 1. The molecule has 3 N–H and O–H groups in total. The van der Waals surface area contributed by atoms with Crippen LogP contribution in [0.2, 0.25) is 5.02 Å². The van der Waals surface area contributed by atoms with E-state index >= 15 is 0 Å². The summed E-state index contributed by atoms with van der Waals surface area (Å²) in [6.07, 6.45) is 0.925. The van der Waals surface area contributed by atoms with E-state index in [1.54, 1.807) is 31.3 Å². The van der Waals surface area contributed by atoms with Crippen LogP contribution in [-0.4, -0.2) is 38.5 Å². The molecule has 2 aromatic carbocycles. The third-order valence-electron chi connectivity index (χ3n) is 3.58. The Bertz CT molecular complexity index is 686. The van der Waals surface area contributed by atoms with E-state index < -0.39 is 0 Å². The average Bonchev–Trinajstić information content (AvgIpc) is 2.65. The fraction of sp³-hybridized carbons (Fsp3) is 0.263. The van der Waals surface area contributed by atoms with Gasteiger partial charge < -0.3 is 16.0 Å². The van der Waals surface area contributed by atoms with Gasteiger partial charge in [-0.3, -0.25) is 9.79 Å². The Morgan fingerprint density at radius 3 is 2.24 bits per heavy atom. The largest absolute Gasteiger partial charge is 0.356 e. The highest BCUT2D eigenvalue weighted by molar-refractivity contribution is 6.30. The highest BCUT2D eigenvalue weighted by atomic mass is 35.5. The first kappa shape index (κ1) is 18.8. The van der Waals surface area contributed by atoms with Crippen LogP contribution >= 0.6 is 11.6 Å². The van der Waals surface area contributed by atoms with Crippen molar-refractivity contribution >= 4 is 23.5 Å². The van der Waals surface area contributed by atoms with Gasteiger partial charge in [0.1, 0.15) is 0 Å². The number of guanidine groups is 1. The van der Waals surface area contributed by atoms with E-state index in [9.17, 15) is 4.79 Å². The van der Waals surface area contributed by atoms with Gasteiger partial charge in [-0.1, -0.05) is 41.9 Å². The second-order valence-electron chi connectivity index (χ2n) is 5.42. The third-order valence-corrected chi connectivity index (χ3v) is 3.83. The summed E-state index contributed by atoms with van der Waals surface area (Å²) >= 11 is 5.81. The molecule has 0 unspecified atom stereocenters. The molecule has 0 aliphatic carbocycles. The molecular weight excluding hydrogens is 336 g/mol. The summed E-state index contributed by atoms with van der Waals surface area (Å²) in [5.74, 6) is 0.599. The summed E-state index contributed by atoms with van der Waals surface area (Å²) in [7, 11) is 1.73. The van der Waals surface area contributed by atoms with Crippen LogP contribution < -0.4 is 16.0 Å². The molecule has 0 heterocycles. The zero-order chi connectivity index (χ0) is 17.9. The van der Waals surface area contributed by atoms with Gasteiger partial charge in [0.15, 0.2) is 5.96 Å². The molecule has 0 bridgehead atoms. The first-order valence-electron chi connectivity index (χ1n) is 8.21. The Balaban J connectivity index is 1.63. The van der Waals surface area contributed by atoms with Crippen molar-refractivity contribution in [3.05, 3.63) is 70.7 Å². The molecule has 0 fully saturated rings. The second-order valence-corrected chi connectivity index (χ2v) is 5.86. The zero-order valence-corrected chi connectivity index (χ0v) is 15.0. The van der Waals surface area contributed by atoms with Crippen LogP contribution in [0, 0.1) is 0 Å². The number of amides is 1. The second kappa shape index (κ2) is 10.4. The molecule has 0 atom stereocenters. The maximum atomic E-state index is 12.0. The van der Waals surface area contributed by atoms with Crippen LogP contribution in [-0.2, 0) is 6.42 Å². The standard InChI is InChI=1S/C19H23ClN4O/c1-21-19(23-12-11-15-5-3-2-4-6-15)24-14-13-22-18(25)16-7-9-17(20)10-8-16/h2-10H,11-14H2,1H3,(H,22,25)(H2,21,23,24). The van der Waals surface area contributed by atoms with E-state index in [1.807, 2.05) is 18.2 Å². The number of halogens is 1. The Morgan fingerprint density at radius 1 is 0.920 bits per heavy atom. The minimum Gasteiger partial charge on any atom is -0.356 e. The topological polar surface area (TPSA) is 65.5 Å². The van der Waals surface area contributed by atoms with E-state index in [0.29, 0.717) is 23.7 Å². The van der Waals surface area contributed by atoms with Crippen molar-refractivity contribution in [2.45, 2.75) is 6.42 Å². The molecule has 0 aromatic heterocycles. The van der Waals surface area contributed by atoms with Gasteiger partial charge in [-0.25, -0.2) is 0 Å². The van der Waals surface area contributed by atoms with Crippen molar-refractivity contribution in [3.63, 3.8) is 0 Å². The van der Waals surface area contributed by atoms with Gasteiger partial charge in [-0.15, -0.1) is 0 Å². The number of carbonyl (C=O) groups is 1. The van der Waals surface area contributed by atoms with E-state index in [2.05, 4.69) is 33.1 Å². The molecule has 0 saturated carbocycles. The molecule has 0 radical (unpaired) electrons. The highest BCUT2D eigenvalue weighted by Gasteiger charge is 2.04. The number of hydrogen-bond donors (Lipinski definition) is 3. The molecule has 0 spiro atoms. The average molecular weight is 359 g/mol. The lowest BCUT2D eigenvalue weighted by molar-refractivity contribution is 0.0954. The molecule has 0 saturated heterocycles. The molecule has 1 amide bonds. The van der Waals surface area contributed by atoms with Gasteiger partial charge in [-0.2, -0.15) is 0 Å². The summed E-state index contributed by atoms with van der Waals surface area (Å²) in [4.78, 5) is 16.1. The van der Waals surface area contributed by atoms with Crippen LogP contribution in [0.4, 0.5) is 0 Å². The van der Waals surface area contributed by atoms with E-state index in [-0.39, 0.29) is 5.91 Å². The van der Waals surface area contributed by atoms with Crippen molar-refractivity contribution in [2.75, 3.05) is 26.7 Å². The maximum Gasteiger partial charge on any atom is 0.251 e. The van der Waals surface area contributed by atoms with Crippen molar-refractivity contribution < 1.29 is 4.79 Å². The summed E-state index contributed by atoms with van der Waals surface area (Å²) in [6.45, 7) is 1.88. The summed E-state index contributed by atoms with van der Waals surface area (Å²) in [5, 5.41) is 9.90. The van der Waals surface area contributed by atoms with Gasteiger partial charge >= 0.3 is 0 Å². The number of nitrogens with one attached hydrogen (secondary N) is 3. The first-order valence-corrected chi connectivity index (χ1v) is 8.59. The lowest BCUT2D eigenvalue weighted by Gasteiger charge is -2.12. The Kier molecular flexibility index (Phi) is 7.79. The van der Waals surface area contributed by atoms with Gasteiger partial charge in [0.2, 0.25) is 0 Å². The molecule has 2 aromatic rings. The summed E-state index contributed by atoms with van der Waals surface area (Å²) in [5.41, 5.74) is 1.87. The molecule has 25 heavy (non-hydrogen) atoms. The fourth-order valence-corrected chi connectivity index (χ4v) is 2.38. The molecule has 132 valence electrons. The van der Waals surface area contributed by atoms with E-state index in [1.165, 1.54) is 5.56 Å². The quantitative estimate of drug-likeness (QED) is 0.405. The van der Waals surface area contributed by atoms with Crippen LogP contribution in [0.3, 0.4) is 0 Å². The van der Waals surface area contributed by atoms with Gasteiger partial charge in [0.05, 0.1) is 0 Å². The van der Waals surface area contributed by atoms with Gasteiger partial charge in [-0.05, 0) is 36.2 Å². The minimum atomic E-state index is -0.120. The Morgan fingerprint density at radius 2 is 1.56 bits per heavy atom. The van der Waals surface area contributed by atoms with Crippen LogP contribution in [0.1, 0.15) is 15.9 Å². The minimum absolute atomic E-state index is 0.120. The lowest BCUT2D eigenvalue weighted by Crippen LogP contribution is -2.42. The lowest BCUT2D eigenvalue weighted by atomic mass is 10.1. The monoisotopic (exact) mass is 358 g/mol. The normalized spacial score (nSPS) is 11.0. The van der Waals surface area contributed by atoms with E-state index in [4.69, 9.17) is 11.6 Å². The molecule has 0 aliphatic rings. The number of aliphatic imine (C=N–C) groups is 1. The summed E-state index contributed by atoms with van der Waals surface area (Å²) in [6, 6.07) is 17.1. The molecular formula is C19H23ClN4O. The maximum absolute atomic E-state index is 12.0. The Hall–Kier alpha value is -2.53. The Labute approximate surface area is 153 Å². The number of rotatable bonds is 7. The van der Waals surface area contributed by atoms with Crippen LogP contribution in [0.25, 0.3) is 0 Å². The van der Waals surface area contributed by atoms with Crippen molar-refractivity contribution in [2.24, 2.45) is 4.99 Å². The fourth-order valence-electron chi connectivity index (χ4n) is 2.25.